The average Bonchev–Trinajstić information content (AvgIpc) is 2.49. The van der Waals surface area contributed by atoms with Crippen molar-refractivity contribution in [1.29, 1.82) is 0 Å². The number of sulfone groups is 1. The second-order valence-electron chi connectivity index (χ2n) is 3.91. The van der Waals surface area contributed by atoms with Gasteiger partial charge in [-0.05, 0) is 18.7 Å². The molecule has 0 aromatic carbocycles. The van der Waals surface area contributed by atoms with Crippen LogP contribution in [-0.2, 0) is 9.84 Å². The van der Waals surface area contributed by atoms with Crippen molar-refractivity contribution < 1.29 is 8.42 Å². The predicted molar refractivity (Wildman–Crippen MR) is 71.3 cm³/mol. The number of allylic oxidation sites excluding steroid dienone is 4. The van der Waals surface area contributed by atoms with Gasteiger partial charge < -0.3 is 10.6 Å². The van der Waals surface area contributed by atoms with E-state index in [2.05, 4.69) is 17.6 Å². The minimum absolute atomic E-state index is 0.386. The molecule has 0 bridgehead atoms. The van der Waals surface area contributed by atoms with Crippen molar-refractivity contribution in [3.8, 4) is 0 Å². The Labute approximate surface area is 103 Å². The summed E-state index contributed by atoms with van der Waals surface area (Å²) in [6, 6.07) is 0. The zero-order valence-corrected chi connectivity index (χ0v) is 11.2. The second kappa shape index (κ2) is 6.61. The van der Waals surface area contributed by atoms with Gasteiger partial charge in [-0.1, -0.05) is 19.1 Å². The molecule has 0 atom stereocenters. The van der Waals surface area contributed by atoms with Gasteiger partial charge in [0.15, 0.2) is 9.84 Å². The van der Waals surface area contributed by atoms with Gasteiger partial charge in [0.1, 0.15) is 0 Å². The van der Waals surface area contributed by atoms with E-state index in [1.807, 2.05) is 6.08 Å². The molecule has 17 heavy (non-hydrogen) atoms. The van der Waals surface area contributed by atoms with E-state index in [1.165, 1.54) is 6.26 Å². The van der Waals surface area contributed by atoms with Crippen molar-refractivity contribution in [3.63, 3.8) is 0 Å². The number of nitrogens with one attached hydrogen (secondary N) is 2. The fourth-order valence-corrected chi connectivity index (χ4v) is 2.21. The molecule has 0 fully saturated rings. The molecule has 0 spiro atoms. The fraction of sp³-hybridized carbons (Fsp3) is 0.500. The van der Waals surface area contributed by atoms with Crippen LogP contribution in [0.3, 0.4) is 0 Å². The van der Waals surface area contributed by atoms with Crippen molar-refractivity contribution in [2.45, 2.75) is 13.3 Å². The lowest BCUT2D eigenvalue weighted by Gasteiger charge is -2.08. The molecule has 1 rings (SSSR count). The lowest BCUT2D eigenvalue weighted by atomic mass is 10.3. The number of likely N-dealkylation sites (N-methyl/N-ethyl adjacent to an activating group) is 1. The lowest BCUT2D eigenvalue weighted by molar-refractivity contribution is 0.608. The van der Waals surface area contributed by atoms with Gasteiger partial charge in [-0.25, -0.2) is 8.42 Å². The van der Waals surface area contributed by atoms with Gasteiger partial charge in [-0.2, -0.15) is 0 Å². The first-order chi connectivity index (χ1) is 8.04. The molecule has 0 aromatic heterocycles. The van der Waals surface area contributed by atoms with Crippen LogP contribution in [-0.4, -0.2) is 34.3 Å². The second-order valence-corrected chi connectivity index (χ2v) is 5.93. The standard InChI is InChI=1S/C12H20N2O2S/c1-3-13-9-10-14-11-5-4-6-12(8-7-11)17(2,15)16/h4-6,8,13-14H,3,7,9-10H2,1-2H3. The maximum absolute atomic E-state index is 11.4. The zero-order chi connectivity index (χ0) is 12.7. The summed E-state index contributed by atoms with van der Waals surface area (Å²) in [5.74, 6) is 0. The summed E-state index contributed by atoms with van der Waals surface area (Å²) in [6.45, 7) is 4.77. The van der Waals surface area contributed by atoms with Crippen molar-refractivity contribution in [1.82, 2.24) is 10.6 Å². The Morgan fingerprint density at radius 3 is 2.76 bits per heavy atom. The summed E-state index contributed by atoms with van der Waals surface area (Å²) >= 11 is 0. The predicted octanol–water partition coefficient (Wildman–Crippen LogP) is 0.958. The molecule has 0 aromatic rings. The van der Waals surface area contributed by atoms with Crippen LogP contribution < -0.4 is 10.6 Å². The van der Waals surface area contributed by atoms with E-state index in [9.17, 15) is 8.42 Å². The topological polar surface area (TPSA) is 58.2 Å². The van der Waals surface area contributed by atoms with Crippen LogP contribution in [0.5, 0.6) is 0 Å². The summed E-state index contributed by atoms with van der Waals surface area (Å²) < 4.78 is 22.7. The largest absolute Gasteiger partial charge is 0.387 e. The van der Waals surface area contributed by atoms with E-state index in [4.69, 9.17) is 0 Å². The molecular formula is C12H20N2O2S. The monoisotopic (exact) mass is 256 g/mol. The molecule has 0 unspecified atom stereocenters. The number of hydrogen-bond donors (Lipinski definition) is 2. The summed E-state index contributed by atoms with van der Waals surface area (Å²) in [6.07, 6.45) is 8.92. The third kappa shape index (κ3) is 5.19. The minimum atomic E-state index is -3.10. The van der Waals surface area contributed by atoms with Gasteiger partial charge >= 0.3 is 0 Å². The van der Waals surface area contributed by atoms with Crippen LogP contribution in [0.4, 0.5) is 0 Å². The Bertz CT molecular complexity index is 433. The highest BCUT2D eigenvalue weighted by Crippen LogP contribution is 2.14. The van der Waals surface area contributed by atoms with Crippen LogP contribution in [0.2, 0.25) is 0 Å². The van der Waals surface area contributed by atoms with Crippen LogP contribution in [0.15, 0.2) is 34.9 Å². The van der Waals surface area contributed by atoms with E-state index in [1.54, 1.807) is 18.2 Å². The first kappa shape index (κ1) is 14.0. The molecule has 2 N–H and O–H groups in total. The minimum Gasteiger partial charge on any atom is -0.387 e. The molecule has 0 aliphatic heterocycles. The first-order valence-electron chi connectivity index (χ1n) is 5.76. The van der Waals surface area contributed by atoms with Gasteiger partial charge in [0.2, 0.25) is 0 Å². The van der Waals surface area contributed by atoms with Crippen molar-refractivity contribution in [2.24, 2.45) is 0 Å². The molecule has 1 aliphatic carbocycles. The van der Waals surface area contributed by atoms with E-state index in [-0.39, 0.29) is 0 Å². The molecule has 0 heterocycles. The van der Waals surface area contributed by atoms with Crippen molar-refractivity contribution in [3.05, 3.63) is 34.9 Å². The highest BCUT2D eigenvalue weighted by Gasteiger charge is 2.09. The number of rotatable bonds is 6. The van der Waals surface area contributed by atoms with Gasteiger partial charge in [-0.15, -0.1) is 0 Å². The van der Waals surface area contributed by atoms with Gasteiger partial charge in [0, 0.05) is 31.5 Å². The van der Waals surface area contributed by atoms with E-state index >= 15 is 0 Å². The molecule has 0 saturated heterocycles. The van der Waals surface area contributed by atoms with Crippen LogP contribution in [0.1, 0.15) is 13.3 Å². The molecule has 1 aliphatic rings. The fourth-order valence-electron chi connectivity index (χ4n) is 1.50. The summed E-state index contributed by atoms with van der Waals surface area (Å²) in [5.41, 5.74) is 1.04. The highest BCUT2D eigenvalue weighted by molar-refractivity contribution is 7.94. The van der Waals surface area contributed by atoms with E-state index < -0.39 is 9.84 Å². The number of hydrogen-bond acceptors (Lipinski definition) is 4. The summed E-state index contributed by atoms with van der Waals surface area (Å²) in [7, 11) is -3.10. The first-order valence-corrected chi connectivity index (χ1v) is 7.65. The van der Waals surface area contributed by atoms with E-state index in [0.29, 0.717) is 11.3 Å². The average molecular weight is 256 g/mol. The molecule has 0 amide bonds. The van der Waals surface area contributed by atoms with Crippen LogP contribution in [0.25, 0.3) is 0 Å². The third-order valence-corrected chi connectivity index (χ3v) is 3.57. The lowest BCUT2D eigenvalue weighted by Crippen LogP contribution is -2.26. The molecule has 0 radical (unpaired) electrons. The Kier molecular flexibility index (Phi) is 5.44. The van der Waals surface area contributed by atoms with Gasteiger partial charge in [-0.3, -0.25) is 0 Å². The van der Waals surface area contributed by atoms with Gasteiger partial charge in [0.05, 0.1) is 4.91 Å². The smallest absolute Gasteiger partial charge is 0.175 e. The maximum Gasteiger partial charge on any atom is 0.175 e. The Hall–Kier alpha value is -1.07. The Morgan fingerprint density at radius 1 is 1.35 bits per heavy atom. The third-order valence-electron chi connectivity index (χ3n) is 2.41. The maximum atomic E-state index is 11.4. The molecular weight excluding hydrogens is 236 g/mol. The highest BCUT2D eigenvalue weighted by atomic mass is 32.2. The molecule has 0 saturated carbocycles. The molecule has 4 nitrogen and oxygen atoms in total. The quantitative estimate of drug-likeness (QED) is 0.695. The van der Waals surface area contributed by atoms with Crippen LogP contribution >= 0.6 is 0 Å². The Morgan fingerprint density at radius 2 is 2.12 bits per heavy atom. The SMILES string of the molecule is CCNCCNC1=CC=CC(S(C)(=O)=O)=CC1. The van der Waals surface area contributed by atoms with Crippen molar-refractivity contribution in [2.75, 3.05) is 25.9 Å². The molecule has 96 valence electrons. The molecule has 5 heteroatoms. The Balaban J connectivity index is 2.50. The van der Waals surface area contributed by atoms with Crippen LogP contribution in [0, 0.1) is 0 Å². The normalized spacial score (nSPS) is 16.1. The summed E-state index contributed by atoms with van der Waals surface area (Å²) in [5, 5.41) is 6.49. The zero-order valence-electron chi connectivity index (χ0n) is 10.4. The van der Waals surface area contributed by atoms with Crippen molar-refractivity contribution >= 4 is 9.84 Å². The summed E-state index contributed by atoms with van der Waals surface area (Å²) in [4.78, 5) is 0.386. The van der Waals surface area contributed by atoms with E-state index in [0.717, 1.165) is 25.3 Å². The van der Waals surface area contributed by atoms with Gasteiger partial charge in [0.25, 0.3) is 0 Å².